The zero-order chi connectivity index (χ0) is 9.14. The maximum atomic E-state index is 10.6. The second kappa shape index (κ2) is 3.19. The number of aromatic carboxylic acids is 1. The number of hydrazine groups is 1. The number of nitrogens with two attached hydrogens (primary N) is 1. The van der Waals surface area contributed by atoms with E-state index in [-0.39, 0.29) is 5.69 Å². The third-order valence-corrected chi connectivity index (χ3v) is 1.45. The fourth-order valence-corrected chi connectivity index (χ4v) is 0.826. The van der Waals surface area contributed by atoms with E-state index < -0.39 is 5.97 Å². The Balaban J connectivity index is 3.17. The lowest BCUT2D eigenvalue weighted by atomic mass is 10.2. The fraction of sp³-hybridized carbons (Fsp3) is 0.143. The summed E-state index contributed by atoms with van der Waals surface area (Å²) in [6.07, 6.45) is 0. The zero-order valence-corrected chi connectivity index (χ0v) is 6.53. The lowest BCUT2D eigenvalue weighted by Gasteiger charge is -2.02. The Morgan fingerprint density at radius 3 is 2.83 bits per heavy atom. The molecule has 0 unspecified atom stereocenters. The predicted octanol–water partition coefficient (Wildman–Crippen LogP) is 0.374. The van der Waals surface area contributed by atoms with Gasteiger partial charge in [-0.3, -0.25) is 0 Å². The molecule has 0 amide bonds. The third kappa shape index (κ3) is 1.51. The Morgan fingerprint density at radius 1 is 1.67 bits per heavy atom. The molecule has 1 heterocycles. The highest BCUT2D eigenvalue weighted by Gasteiger charge is 2.08. The van der Waals surface area contributed by atoms with Gasteiger partial charge in [-0.15, -0.1) is 0 Å². The summed E-state index contributed by atoms with van der Waals surface area (Å²) in [6.45, 7) is 1.68. The van der Waals surface area contributed by atoms with Crippen molar-refractivity contribution in [3.8, 4) is 0 Å². The van der Waals surface area contributed by atoms with Crippen LogP contribution in [-0.2, 0) is 0 Å². The number of anilines is 1. The minimum Gasteiger partial charge on any atom is -0.477 e. The number of nitrogens with one attached hydrogen (secondary N) is 1. The molecule has 64 valence electrons. The number of aromatic nitrogens is 1. The van der Waals surface area contributed by atoms with Crippen molar-refractivity contribution in [3.05, 3.63) is 23.4 Å². The zero-order valence-electron chi connectivity index (χ0n) is 6.53. The first-order valence-corrected chi connectivity index (χ1v) is 3.32. The topological polar surface area (TPSA) is 88.2 Å². The molecule has 0 bridgehead atoms. The Morgan fingerprint density at radius 2 is 2.33 bits per heavy atom. The standard InChI is InChI=1S/C7H9N3O2/c1-4-2-3-5(10-8)9-6(4)7(11)12/h2-3H,8H2,1H3,(H,9,10)(H,11,12). The Labute approximate surface area is 69.2 Å². The van der Waals surface area contributed by atoms with Crippen LogP contribution in [0.5, 0.6) is 0 Å². The molecule has 0 aliphatic rings. The van der Waals surface area contributed by atoms with Gasteiger partial charge in [-0.25, -0.2) is 15.6 Å². The van der Waals surface area contributed by atoms with Crippen molar-refractivity contribution in [2.75, 3.05) is 5.43 Å². The summed E-state index contributed by atoms with van der Waals surface area (Å²) in [4.78, 5) is 14.3. The van der Waals surface area contributed by atoms with Gasteiger partial charge in [0.15, 0.2) is 5.69 Å². The van der Waals surface area contributed by atoms with Crippen molar-refractivity contribution >= 4 is 11.8 Å². The average Bonchev–Trinajstić information content (AvgIpc) is 2.05. The van der Waals surface area contributed by atoms with E-state index in [9.17, 15) is 4.79 Å². The highest BCUT2D eigenvalue weighted by molar-refractivity contribution is 5.87. The SMILES string of the molecule is Cc1ccc(NN)nc1C(=O)O. The molecule has 0 aliphatic heterocycles. The molecule has 0 saturated heterocycles. The van der Waals surface area contributed by atoms with E-state index in [0.29, 0.717) is 11.4 Å². The summed E-state index contributed by atoms with van der Waals surface area (Å²) in [6, 6.07) is 3.26. The Kier molecular flexibility index (Phi) is 2.25. The quantitative estimate of drug-likeness (QED) is 0.437. The van der Waals surface area contributed by atoms with E-state index in [1.807, 2.05) is 0 Å². The molecule has 0 aromatic carbocycles. The van der Waals surface area contributed by atoms with Crippen LogP contribution in [-0.4, -0.2) is 16.1 Å². The highest BCUT2D eigenvalue weighted by atomic mass is 16.4. The van der Waals surface area contributed by atoms with Gasteiger partial charge in [0.05, 0.1) is 0 Å². The molecule has 0 saturated carbocycles. The number of hydrogen-bond donors (Lipinski definition) is 3. The molecule has 5 heteroatoms. The number of pyridine rings is 1. The monoisotopic (exact) mass is 167 g/mol. The van der Waals surface area contributed by atoms with Crippen molar-refractivity contribution in [1.29, 1.82) is 0 Å². The van der Waals surface area contributed by atoms with Gasteiger partial charge in [-0.1, -0.05) is 6.07 Å². The molecule has 0 atom stereocenters. The molecule has 4 N–H and O–H groups in total. The first-order chi connectivity index (χ1) is 5.65. The van der Waals surface area contributed by atoms with Gasteiger partial charge in [-0.2, -0.15) is 0 Å². The van der Waals surface area contributed by atoms with Gasteiger partial charge in [0.1, 0.15) is 5.82 Å². The number of carbonyl (C=O) groups is 1. The van der Waals surface area contributed by atoms with Gasteiger partial charge >= 0.3 is 5.97 Å². The Hall–Kier alpha value is -1.62. The van der Waals surface area contributed by atoms with Crippen LogP contribution in [0.25, 0.3) is 0 Å². The lowest BCUT2D eigenvalue weighted by molar-refractivity contribution is 0.0690. The van der Waals surface area contributed by atoms with E-state index in [4.69, 9.17) is 10.9 Å². The fourth-order valence-electron chi connectivity index (χ4n) is 0.826. The molecule has 0 spiro atoms. The van der Waals surface area contributed by atoms with Crippen molar-refractivity contribution in [2.45, 2.75) is 6.92 Å². The number of nitrogens with zero attached hydrogens (tertiary/aromatic N) is 1. The molecule has 1 aromatic rings. The third-order valence-electron chi connectivity index (χ3n) is 1.45. The number of carboxylic acids is 1. The van der Waals surface area contributed by atoms with Gasteiger partial charge < -0.3 is 10.5 Å². The predicted molar refractivity (Wildman–Crippen MR) is 43.7 cm³/mol. The maximum absolute atomic E-state index is 10.6. The Bertz CT molecular complexity index is 312. The first kappa shape index (κ1) is 8.48. The largest absolute Gasteiger partial charge is 0.477 e. The lowest BCUT2D eigenvalue weighted by Crippen LogP contribution is -2.11. The molecular formula is C7H9N3O2. The normalized spacial score (nSPS) is 9.50. The smallest absolute Gasteiger partial charge is 0.354 e. The highest BCUT2D eigenvalue weighted by Crippen LogP contribution is 2.08. The van der Waals surface area contributed by atoms with Gasteiger partial charge in [-0.05, 0) is 18.6 Å². The van der Waals surface area contributed by atoms with E-state index >= 15 is 0 Å². The van der Waals surface area contributed by atoms with Gasteiger partial charge in [0, 0.05) is 0 Å². The number of aryl methyl sites for hydroxylation is 1. The number of nitrogen functional groups attached to an aromatic ring is 1. The van der Waals surface area contributed by atoms with E-state index in [1.54, 1.807) is 19.1 Å². The van der Waals surface area contributed by atoms with Crippen LogP contribution in [0.3, 0.4) is 0 Å². The molecule has 1 rings (SSSR count). The molecule has 0 radical (unpaired) electrons. The molecule has 0 fully saturated rings. The van der Waals surface area contributed by atoms with Crippen LogP contribution in [0.4, 0.5) is 5.82 Å². The van der Waals surface area contributed by atoms with E-state index in [2.05, 4.69) is 10.4 Å². The van der Waals surface area contributed by atoms with Crippen LogP contribution in [0.15, 0.2) is 12.1 Å². The molecule has 12 heavy (non-hydrogen) atoms. The second-order valence-electron chi connectivity index (χ2n) is 2.31. The van der Waals surface area contributed by atoms with Gasteiger partial charge in [0.25, 0.3) is 0 Å². The van der Waals surface area contributed by atoms with Crippen LogP contribution in [0.2, 0.25) is 0 Å². The first-order valence-electron chi connectivity index (χ1n) is 3.32. The van der Waals surface area contributed by atoms with Crippen molar-refractivity contribution in [1.82, 2.24) is 4.98 Å². The maximum Gasteiger partial charge on any atom is 0.354 e. The minimum atomic E-state index is -1.05. The summed E-state index contributed by atoms with van der Waals surface area (Å²) >= 11 is 0. The van der Waals surface area contributed by atoms with E-state index in [0.717, 1.165) is 0 Å². The second-order valence-corrected chi connectivity index (χ2v) is 2.31. The van der Waals surface area contributed by atoms with Crippen LogP contribution in [0.1, 0.15) is 16.1 Å². The molecular weight excluding hydrogens is 158 g/mol. The molecule has 0 aliphatic carbocycles. The van der Waals surface area contributed by atoms with Gasteiger partial charge in [0.2, 0.25) is 0 Å². The van der Waals surface area contributed by atoms with E-state index in [1.165, 1.54) is 0 Å². The van der Waals surface area contributed by atoms with Crippen LogP contribution < -0.4 is 11.3 Å². The van der Waals surface area contributed by atoms with Crippen molar-refractivity contribution < 1.29 is 9.90 Å². The summed E-state index contributed by atoms with van der Waals surface area (Å²) in [5.74, 6) is 4.36. The number of carboxylic acid groups (broad SMARTS) is 1. The summed E-state index contributed by atoms with van der Waals surface area (Å²) < 4.78 is 0. The van der Waals surface area contributed by atoms with Crippen molar-refractivity contribution in [2.24, 2.45) is 5.84 Å². The van der Waals surface area contributed by atoms with Crippen LogP contribution in [0, 0.1) is 6.92 Å². The summed E-state index contributed by atoms with van der Waals surface area (Å²) in [5, 5.41) is 8.65. The van der Waals surface area contributed by atoms with Crippen LogP contribution >= 0.6 is 0 Å². The minimum absolute atomic E-state index is 0.0189. The summed E-state index contributed by atoms with van der Waals surface area (Å²) in [5.41, 5.74) is 2.91. The molecule has 1 aromatic heterocycles. The number of hydrogen-bond acceptors (Lipinski definition) is 4. The molecule has 5 nitrogen and oxygen atoms in total. The average molecular weight is 167 g/mol. The number of rotatable bonds is 2. The summed E-state index contributed by atoms with van der Waals surface area (Å²) in [7, 11) is 0. The van der Waals surface area contributed by atoms with Crippen molar-refractivity contribution in [3.63, 3.8) is 0 Å².